The van der Waals surface area contributed by atoms with Gasteiger partial charge in [-0.3, -0.25) is 14.5 Å². The Kier molecular flexibility index (Phi) is 6.04. The second kappa shape index (κ2) is 10.9. The molecule has 0 amide bonds. The third kappa shape index (κ3) is 4.16. The van der Waals surface area contributed by atoms with Crippen LogP contribution < -0.4 is 0 Å². The second-order valence-electron chi connectivity index (χ2n) is 12.1. The summed E-state index contributed by atoms with van der Waals surface area (Å²) in [7, 11) is 0. The highest BCUT2D eigenvalue weighted by Crippen LogP contribution is 2.39. The Morgan fingerprint density at radius 2 is 0.878 bits per heavy atom. The molecule has 230 valence electrons. The van der Waals surface area contributed by atoms with Crippen molar-refractivity contribution in [3.8, 4) is 39.8 Å². The summed E-state index contributed by atoms with van der Waals surface area (Å²) in [6.07, 6.45) is 7.21. The van der Waals surface area contributed by atoms with E-state index in [9.17, 15) is 0 Å². The molecule has 49 heavy (non-hydrogen) atoms. The molecule has 7 nitrogen and oxygen atoms in total. The number of para-hydroxylation sites is 4. The van der Waals surface area contributed by atoms with Gasteiger partial charge in [0.2, 0.25) is 0 Å². The number of aromatic nitrogens is 7. The molecule has 5 heterocycles. The van der Waals surface area contributed by atoms with E-state index in [0.717, 1.165) is 44.6 Å². The SMILES string of the molecule is c1cncc(-c2nnc(-c3cccnc3)n2-c2cccc3c4ccccc4n(-c4cccc(-n5c6ccccc6c6ccccc65)c4)c23)c1. The lowest BCUT2D eigenvalue weighted by molar-refractivity contribution is 1.05. The van der Waals surface area contributed by atoms with Crippen molar-refractivity contribution in [2.45, 2.75) is 0 Å². The second-order valence-corrected chi connectivity index (χ2v) is 12.1. The Hall–Kier alpha value is -6.86. The molecule has 0 radical (unpaired) electrons. The summed E-state index contributed by atoms with van der Waals surface area (Å²) in [5.74, 6) is 1.41. The molecule has 0 aliphatic heterocycles. The van der Waals surface area contributed by atoms with Gasteiger partial charge < -0.3 is 9.13 Å². The van der Waals surface area contributed by atoms with Crippen molar-refractivity contribution < 1.29 is 0 Å². The molecule has 7 heteroatoms. The minimum absolute atomic E-state index is 0.704. The lowest BCUT2D eigenvalue weighted by Gasteiger charge is -2.16. The van der Waals surface area contributed by atoms with Gasteiger partial charge in [0.25, 0.3) is 0 Å². The van der Waals surface area contributed by atoms with Crippen LogP contribution in [-0.4, -0.2) is 33.9 Å². The van der Waals surface area contributed by atoms with Crippen molar-refractivity contribution in [1.82, 2.24) is 33.9 Å². The highest BCUT2D eigenvalue weighted by molar-refractivity contribution is 6.12. The zero-order valence-electron chi connectivity index (χ0n) is 26.2. The van der Waals surface area contributed by atoms with Gasteiger partial charge in [0.15, 0.2) is 11.6 Å². The van der Waals surface area contributed by atoms with Gasteiger partial charge in [-0.25, -0.2) is 0 Å². The molecule has 5 aromatic carbocycles. The molecule has 0 saturated carbocycles. The van der Waals surface area contributed by atoms with Crippen molar-refractivity contribution in [3.05, 3.63) is 164 Å². The van der Waals surface area contributed by atoms with Crippen molar-refractivity contribution >= 4 is 43.6 Å². The molecule has 0 unspecified atom stereocenters. The third-order valence-corrected chi connectivity index (χ3v) is 9.34. The van der Waals surface area contributed by atoms with E-state index in [1.807, 2.05) is 36.7 Å². The summed E-state index contributed by atoms with van der Waals surface area (Å²) in [4.78, 5) is 8.83. The van der Waals surface area contributed by atoms with Gasteiger partial charge in [0.1, 0.15) is 0 Å². The summed E-state index contributed by atoms with van der Waals surface area (Å²) in [6, 6.07) is 49.0. The standard InChI is InChI=1S/C42H27N7/c1-4-19-36-32(15-1)33-16-2-5-20-37(33)47(36)30-13-7-14-31(25-30)48-38-21-6-3-17-34(38)35-18-8-22-39(40(35)48)49-41(28-11-9-23-43-26-28)45-46-42(49)29-12-10-24-44-27-29/h1-27H. The Bertz CT molecular complexity index is 2720. The first kappa shape index (κ1) is 27.3. The highest BCUT2D eigenvalue weighted by atomic mass is 15.3. The van der Waals surface area contributed by atoms with Crippen LogP contribution in [0.5, 0.6) is 0 Å². The third-order valence-electron chi connectivity index (χ3n) is 9.34. The smallest absolute Gasteiger partial charge is 0.170 e. The summed E-state index contributed by atoms with van der Waals surface area (Å²) in [5, 5.41) is 14.3. The molecule has 0 aliphatic carbocycles. The van der Waals surface area contributed by atoms with E-state index in [1.165, 1.54) is 27.2 Å². The fourth-order valence-electron chi connectivity index (χ4n) is 7.30. The van der Waals surface area contributed by atoms with E-state index in [2.05, 4.69) is 139 Å². The number of hydrogen-bond acceptors (Lipinski definition) is 4. The minimum Gasteiger partial charge on any atom is -0.309 e. The Morgan fingerprint density at radius 3 is 1.45 bits per heavy atom. The monoisotopic (exact) mass is 629 g/mol. The van der Waals surface area contributed by atoms with E-state index in [-0.39, 0.29) is 0 Å². The molecule has 0 fully saturated rings. The number of nitrogens with zero attached hydrogens (tertiary/aromatic N) is 7. The van der Waals surface area contributed by atoms with E-state index in [4.69, 9.17) is 10.2 Å². The van der Waals surface area contributed by atoms with Gasteiger partial charge in [0, 0.05) is 68.8 Å². The van der Waals surface area contributed by atoms with Gasteiger partial charge in [-0.15, -0.1) is 10.2 Å². The maximum absolute atomic E-state index is 4.74. The molecule has 10 rings (SSSR count). The molecular weight excluding hydrogens is 603 g/mol. The van der Waals surface area contributed by atoms with Crippen LogP contribution in [0.1, 0.15) is 0 Å². The predicted molar refractivity (Wildman–Crippen MR) is 196 cm³/mol. The number of benzene rings is 5. The van der Waals surface area contributed by atoms with E-state index in [0.29, 0.717) is 11.6 Å². The maximum atomic E-state index is 4.74. The van der Waals surface area contributed by atoms with Gasteiger partial charge in [-0.2, -0.15) is 0 Å². The van der Waals surface area contributed by atoms with Crippen LogP contribution in [-0.2, 0) is 0 Å². The van der Waals surface area contributed by atoms with E-state index < -0.39 is 0 Å². The molecular formula is C42H27N7. The van der Waals surface area contributed by atoms with Gasteiger partial charge >= 0.3 is 0 Å². The number of pyridine rings is 2. The normalized spacial score (nSPS) is 11.7. The topological polar surface area (TPSA) is 66.3 Å². The van der Waals surface area contributed by atoms with E-state index >= 15 is 0 Å². The maximum Gasteiger partial charge on any atom is 0.170 e. The quantitative estimate of drug-likeness (QED) is 0.190. The summed E-state index contributed by atoms with van der Waals surface area (Å²) >= 11 is 0. The first-order valence-corrected chi connectivity index (χ1v) is 16.2. The van der Waals surface area contributed by atoms with Crippen LogP contribution >= 0.6 is 0 Å². The van der Waals surface area contributed by atoms with Crippen LogP contribution in [0.4, 0.5) is 0 Å². The average molecular weight is 630 g/mol. The molecule has 0 spiro atoms. The first-order valence-electron chi connectivity index (χ1n) is 16.2. The predicted octanol–water partition coefficient (Wildman–Crippen LogP) is 9.59. The summed E-state index contributed by atoms with van der Waals surface area (Å²) < 4.78 is 6.88. The van der Waals surface area contributed by atoms with Crippen LogP contribution in [0.2, 0.25) is 0 Å². The van der Waals surface area contributed by atoms with Crippen molar-refractivity contribution in [2.75, 3.05) is 0 Å². The van der Waals surface area contributed by atoms with Crippen molar-refractivity contribution in [3.63, 3.8) is 0 Å². The summed E-state index contributed by atoms with van der Waals surface area (Å²) in [5.41, 5.74) is 9.37. The van der Waals surface area contributed by atoms with Gasteiger partial charge in [-0.1, -0.05) is 72.8 Å². The molecule has 0 atom stereocenters. The number of fused-ring (bicyclic) bond motifs is 6. The molecule has 0 aliphatic rings. The molecule has 0 bridgehead atoms. The first-order chi connectivity index (χ1) is 24.3. The van der Waals surface area contributed by atoms with Crippen LogP contribution in [0, 0.1) is 0 Å². The zero-order valence-corrected chi connectivity index (χ0v) is 26.2. The van der Waals surface area contributed by atoms with Crippen LogP contribution in [0.3, 0.4) is 0 Å². The minimum atomic E-state index is 0.704. The molecule has 0 saturated heterocycles. The summed E-state index contributed by atoms with van der Waals surface area (Å²) in [6.45, 7) is 0. The Balaban J connectivity index is 1.29. The fraction of sp³-hybridized carbons (Fsp3) is 0. The van der Waals surface area contributed by atoms with Gasteiger partial charge in [-0.05, 0) is 66.7 Å². The lowest BCUT2D eigenvalue weighted by atomic mass is 10.1. The van der Waals surface area contributed by atoms with Crippen molar-refractivity contribution in [2.24, 2.45) is 0 Å². The van der Waals surface area contributed by atoms with Gasteiger partial charge in [0.05, 0.1) is 27.8 Å². The van der Waals surface area contributed by atoms with Crippen LogP contribution in [0.25, 0.3) is 83.4 Å². The molecule has 0 N–H and O–H groups in total. The van der Waals surface area contributed by atoms with E-state index in [1.54, 1.807) is 12.4 Å². The van der Waals surface area contributed by atoms with Crippen molar-refractivity contribution in [1.29, 1.82) is 0 Å². The Morgan fingerprint density at radius 1 is 0.388 bits per heavy atom. The number of hydrogen-bond donors (Lipinski definition) is 0. The Labute approximate surface area is 281 Å². The van der Waals surface area contributed by atoms with Crippen LogP contribution in [0.15, 0.2) is 164 Å². The molecule has 5 aromatic heterocycles. The molecule has 10 aromatic rings. The lowest BCUT2D eigenvalue weighted by Crippen LogP contribution is -2.05. The zero-order chi connectivity index (χ0) is 32.3. The largest absolute Gasteiger partial charge is 0.309 e. The highest BCUT2D eigenvalue weighted by Gasteiger charge is 2.23. The average Bonchev–Trinajstić information content (AvgIpc) is 3.86. The number of rotatable bonds is 5. The fourth-order valence-corrected chi connectivity index (χ4v) is 7.30.